The zero-order valence-electron chi connectivity index (χ0n) is 34.1. The molecule has 0 aliphatic carbocycles. The molecule has 3 rings (SSSR count). The van der Waals surface area contributed by atoms with Crippen LogP contribution in [-0.2, 0) is 41.5 Å². The fourth-order valence-electron chi connectivity index (χ4n) is 6.21. The molecule has 0 saturated carbocycles. The quantitative estimate of drug-likeness (QED) is 0.269. The number of rotatable bonds is 4. The van der Waals surface area contributed by atoms with Crippen LogP contribution >= 0.6 is 10.3 Å². The van der Waals surface area contributed by atoms with Crippen LogP contribution in [0.5, 0.6) is 0 Å². The van der Waals surface area contributed by atoms with E-state index in [-0.39, 0.29) is 10.8 Å². The summed E-state index contributed by atoms with van der Waals surface area (Å²) in [5, 5.41) is 0. The summed E-state index contributed by atoms with van der Waals surface area (Å²) in [6.07, 6.45) is -5.22. The van der Waals surface area contributed by atoms with Crippen molar-refractivity contribution in [1.29, 1.82) is 0 Å². The number of halogens is 3. The van der Waals surface area contributed by atoms with Gasteiger partial charge in [-0.05, 0) is 88.3 Å². The Hall–Kier alpha value is -2.73. The first-order valence-corrected chi connectivity index (χ1v) is 19.3. The second kappa shape index (κ2) is 13.0. The minimum Gasteiger partial charge on any atom is -0.395 e. The molecule has 3 aromatic rings. The molecule has 3 aromatic carbocycles. The van der Waals surface area contributed by atoms with Crippen molar-refractivity contribution in [3.63, 3.8) is 0 Å². The average molecular weight is 713 g/mol. The van der Waals surface area contributed by atoms with E-state index in [1.165, 1.54) is 0 Å². The molecule has 0 atom stereocenters. The molecule has 0 fully saturated rings. The van der Waals surface area contributed by atoms with Crippen molar-refractivity contribution in [3.8, 4) is 0 Å². The van der Waals surface area contributed by atoms with E-state index < -0.39 is 44.1 Å². The molecule has 0 aromatic heterocycles. The Balaban J connectivity index is 3.05. The zero-order valence-corrected chi connectivity index (χ0v) is 34.9. The molecule has 0 aliphatic rings. The highest BCUT2D eigenvalue weighted by atomic mass is 32.3. The zero-order chi connectivity index (χ0) is 38.8. The Morgan fingerprint density at radius 1 is 0.480 bits per heavy atom. The second-order valence-electron chi connectivity index (χ2n) is 20.0. The molecule has 0 unspecified atom stereocenters. The van der Waals surface area contributed by atoms with Gasteiger partial charge < -0.3 is 4.18 Å². The van der Waals surface area contributed by atoms with Gasteiger partial charge in [0.2, 0.25) is 0 Å². The van der Waals surface area contributed by atoms with Crippen molar-refractivity contribution in [3.05, 3.63) is 88.0 Å². The molecule has 0 aliphatic heterocycles. The number of carbonyl (C=O) groups excluding carboxylic acids is 1. The lowest BCUT2D eigenvalue weighted by molar-refractivity contribution is -0.188. The highest BCUT2D eigenvalue weighted by Crippen LogP contribution is 2.75. The summed E-state index contributed by atoms with van der Waals surface area (Å²) in [4.78, 5) is 15.7. The molecule has 0 N–H and O–H groups in total. The lowest BCUT2D eigenvalue weighted by Gasteiger charge is -2.49. The minimum absolute atomic E-state index is 0.257. The molecule has 6 heteroatoms. The largest absolute Gasteiger partial charge is 0.491 e. The van der Waals surface area contributed by atoms with Crippen molar-refractivity contribution in [1.82, 2.24) is 0 Å². The third-order valence-corrected chi connectivity index (χ3v) is 12.6. The Morgan fingerprint density at radius 2 is 0.760 bits per heavy atom. The van der Waals surface area contributed by atoms with Gasteiger partial charge in [-0.15, -0.1) is 0 Å². The normalized spacial score (nSPS) is 14.5. The fraction of sp³-hybridized carbons (Fsp3) is 0.568. The van der Waals surface area contributed by atoms with Gasteiger partial charge in [-0.25, -0.2) is 4.79 Å². The van der Waals surface area contributed by atoms with E-state index >= 15 is 0 Å². The first-order valence-electron chi connectivity index (χ1n) is 17.7. The SMILES string of the molecule is CC(C)(C)c1cc(C(C)(C)C)c(S(OC(=O)C(F)(F)F)(c2ccccc2)c2c(C(C)(C)C)cc(C(C)(C)C)cc2C(C)(C)C)c(C(C)(C)C)c1. The van der Waals surface area contributed by atoms with Crippen LogP contribution in [0, 0.1) is 0 Å². The van der Waals surface area contributed by atoms with Crippen LogP contribution in [0.25, 0.3) is 0 Å². The summed E-state index contributed by atoms with van der Waals surface area (Å²) in [5.41, 5.74) is 3.00. The summed E-state index contributed by atoms with van der Waals surface area (Å²) in [6, 6.07) is 17.9. The second-order valence-corrected chi connectivity index (χ2v) is 22.6. The summed E-state index contributed by atoms with van der Waals surface area (Å²) in [7, 11) is -3.46. The van der Waals surface area contributed by atoms with E-state index in [4.69, 9.17) is 4.18 Å². The van der Waals surface area contributed by atoms with Gasteiger partial charge in [-0.2, -0.15) is 13.2 Å². The molecule has 278 valence electrons. The number of carbonyl (C=O) groups is 1. The molecule has 0 heterocycles. The Kier molecular flexibility index (Phi) is 10.9. The predicted octanol–water partition coefficient (Wildman–Crippen LogP) is 13.8. The average Bonchev–Trinajstić information content (AvgIpc) is 2.91. The number of benzene rings is 3. The van der Waals surface area contributed by atoms with E-state index in [2.05, 4.69) is 149 Å². The molecule has 0 radical (unpaired) electrons. The van der Waals surface area contributed by atoms with Gasteiger partial charge in [0.15, 0.2) is 0 Å². The smallest absolute Gasteiger partial charge is 0.395 e. The van der Waals surface area contributed by atoms with Crippen molar-refractivity contribution in [2.75, 3.05) is 0 Å². The maximum absolute atomic E-state index is 14.8. The van der Waals surface area contributed by atoms with Crippen LogP contribution < -0.4 is 0 Å². The third kappa shape index (κ3) is 8.48. The lowest BCUT2D eigenvalue weighted by atomic mass is 9.75. The number of hydrogen-bond donors (Lipinski definition) is 0. The summed E-state index contributed by atoms with van der Waals surface area (Å²) < 4.78 is 51.0. The van der Waals surface area contributed by atoms with Crippen LogP contribution in [0.1, 0.15) is 158 Å². The molecule has 0 amide bonds. The number of alkyl halides is 3. The van der Waals surface area contributed by atoms with Crippen LogP contribution in [0.15, 0.2) is 69.3 Å². The van der Waals surface area contributed by atoms with Crippen molar-refractivity contribution >= 4 is 16.3 Å². The van der Waals surface area contributed by atoms with Gasteiger partial charge in [0.25, 0.3) is 0 Å². The van der Waals surface area contributed by atoms with Gasteiger partial charge in [0.1, 0.15) is 0 Å². The molecule has 50 heavy (non-hydrogen) atoms. The van der Waals surface area contributed by atoms with Crippen LogP contribution in [0.4, 0.5) is 13.2 Å². The van der Waals surface area contributed by atoms with Gasteiger partial charge in [0, 0.05) is 14.7 Å². The highest BCUT2D eigenvalue weighted by molar-refractivity contribution is 8.30. The fourth-order valence-corrected chi connectivity index (χ4v) is 10.7. The van der Waals surface area contributed by atoms with Crippen LogP contribution in [0.3, 0.4) is 0 Å². The molecule has 0 bridgehead atoms. The number of hydrogen-bond acceptors (Lipinski definition) is 2. The predicted molar refractivity (Wildman–Crippen MR) is 206 cm³/mol. The van der Waals surface area contributed by atoms with Gasteiger partial charge in [0.05, 0.1) is 0 Å². The Bertz CT molecular complexity index is 1540. The molecule has 2 nitrogen and oxygen atoms in total. The molecule has 0 saturated heterocycles. The summed E-state index contributed by atoms with van der Waals surface area (Å²) >= 11 is 0. The maximum atomic E-state index is 14.8. The van der Waals surface area contributed by atoms with E-state index in [9.17, 15) is 18.0 Å². The van der Waals surface area contributed by atoms with Gasteiger partial charge >= 0.3 is 12.1 Å². The van der Waals surface area contributed by atoms with Crippen molar-refractivity contribution in [2.45, 2.75) is 178 Å². The van der Waals surface area contributed by atoms with Crippen LogP contribution in [-0.4, -0.2) is 12.1 Å². The first-order chi connectivity index (χ1) is 22.1. The van der Waals surface area contributed by atoms with Crippen LogP contribution in [0.2, 0.25) is 0 Å². The summed E-state index contributed by atoms with van der Waals surface area (Å²) in [5.74, 6) is -2.18. The molecule has 0 spiro atoms. The third-order valence-electron chi connectivity index (χ3n) is 9.22. The van der Waals surface area contributed by atoms with E-state index in [0.717, 1.165) is 33.4 Å². The van der Waals surface area contributed by atoms with Gasteiger partial charge in [-0.3, -0.25) is 0 Å². The summed E-state index contributed by atoms with van der Waals surface area (Å²) in [6.45, 7) is 38.1. The molecular weight excluding hydrogens is 650 g/mol. The van der Waals surface area contributed by atoms with Gasteiger partial charge in [-0.1, -0.05) is 167 Å². The maximum Gasteiger partial charge on any atom is 0.491 e. The highest BCUT2D eigenvalue weighted by Gasteiger charge is 2.52. The Morgan fingerprint density at radius 3 is 0.980 bits per heavy atom. The van der Waals surface area contributed by atoms with Crippen molar-refractivity contribution < 1.29 is 22.1 Å². The standard InChI is InChI=1S/C44H63F3O2S/c1-38(2,3)28-24-31(40(7,8)9)35(32(25-28)41(10,11)12)50(30-22-20-19-21-23-30,49-37(48)44(45,46)47)36-33(42(13,14)15)26-29(39(4,5)6)27-34(36)43(16,17)18/h19-27H,1-18H3. The van der Waals surface area contributed by atoms with E-state index in [1.54, 1.807) is 0 Å². The van der Waals surface area contributed by atoms with E-state index in [1.807, 2.05) is 30.3 Å². The minimum atomic E-state index is -5.22. The van der Waals surface area contributed by atoms with Crippen molar-refractivity contribution in [2.24, 2.45) is 0 Å². The monoisotopic (exact) mass is 712 g/mol. The van der Waals surface area contributed by atoms with E-state index in [0.29, 0.717) is 14.7 Å². The Labute approximate surface area is 303 Å². The lowest BCUT2D eigenvalue weighted by Crippen LogP contribution is -2.33. The molecular formula is C44H63F3O2S. The topological polar surface area (TPSA) is 26.3 Å². The first kappa shape index (κ1) is 41.7.